The van der Waals surface area contributed by atoms with Crippen LogP contribution >= 0.6 is 0 Å². The number of rotatable bonds is 6. The molecule has 4 N–H and O–H groups in total. The van der Waals surface area contributed by atoms with E-state index < -0.39 is 41.8 Å². The van der Waals surface area contributed by atoms with Crippen molar-refractivity contribution in [2.45, 2.75) is 64.9 Å². The van der Waals surface area contributed by atoms with Gasteiger partial charge in [-0.1, -0.05) is 12.1 Å². The van der Waals surface area contributed by atoms with Gasteiger partial charge in [0.25, 0.3) is 5.91 Å². The molecule has 3 rings (SSSR count). The second-order valence-electron chi connectivity index (χ2n) is 8.99. The number of phenolic OH excluding ortho intramolecular Hbond substituents is 1. The highest BCUT2D eigenvalue weighted by atomic mass is 19.4. The zero-order valence-electron chi connectivity index (χ0n) is 20.0. The van der Waals surface area contributed by atoms with Crippen LogP contribution in [0.25, 0.3) is 0 Å². The monoisotopic (exact) mass is 494 g/mol. The average Bonchev–Trinajstić information content (AvgIpc) is 2.82. The van der Waals surface area contributed by atoms with Crippen molar-refractivity contribution in [1.82, 2.24) is 10.6 Å². The van der Waals surface area contributed by atoms with Crippen LogP contribution in [0.3, 0.4) is 0 Å². The molecule has 2 aromatic rings. The van der Waals surface area contributed by atoms with Crippen LogP contribution in [-0.2, 0) is 28.7 Å². The predicted molar refractivity (Wildman–Crippen MR) is 122 cm³/mol. The molecular formula is C25H29F3N2O5. The molecule has 1 heterocycles. The lowest BCUT2D eigenvalue weighted by atomic mass is 9.86. The van der Waals surface area contributed by atoms with E-state index in [0.29, 0.717) is 35.3 Å². The number of halogens is 3. The van der Waals surface area contributed by atoms with Crippen LogP contribution in [-0.4, -0.2) is 40.3 Å². The molecule has 0 saturated heterocycles. The molecular weight excluding hydrogens is 465 g/mol. The zero-order valence-corrected chi connectivity index (χ0v) is 20.0. The summed E-state index contributed by atoms with van der Waals surface area (Å²) < 4.78 is 44.2. The summed E-state index contributed by atoms with van der Waals surface area (Å²) in [6.45, 7) is 6.18. The number of fused-ring (bicyclic) bond motifs is 1. The molecule has 0 bridgehead atoms. The second kappa shape index (κ2) is 9.77. The van der Waals surface area contributed by atoms with Gasteiger partial charge in [0, 0.05) is 18.5 Å². The number of benzene rings is 2. The Morgan fingerprint density at radius 2 is 1.74 bits per heavy atom. The Morgan fingerprint density at radius 3 is 2.31 bits per heavy atom. The number of amides is 2. The lowest BCUT2D eigenvalue weighted by Crippen LogP contribution is -2.57. The average molecular weight is 495 g/mol. The highest BCUT2D eigenvalue weighted by molar-refractivity contribution is 5.92. The summed E-state index contributed by atoms with van der Waals surface area (Å²) in [5.41, 5.74) is 1.21. The number of nitrogens with one attached hydrogen (secondary N) is 2. The Balaban J connectivity index is 1.66. The summed E-state index contributed by atoms with van der Waals surface area (Å²) in [6.07, 6.45) is -3.69. The van der Waals surface area contributed by atoms with Crippen LogP contribution in [0.2, 0.25) is 0 Å². The number of aliphatic hydroxyl groups is 1. The van der Waals surface area contributed by atoms with Crippen molar-refractivity contribution in [3.63, 3.8) is 0 Å². The lowest BCUT2D eigenvalue weighted by molar-refractivity contribution is -0.140. The summed E-state index contributed by atoms with van der Waals surface area (Å²) in [5, 5.41) is 25.0. The number of ether oxygens (including phenoxy) is 1. The quantitative estimate of drug-likeness (QED) is 0.493. The van der Waals surface area contributed by atoms with E-state index in [1.807, 2.05) is 0 Å². The van der Waals surface area contributed by atoms with E-state index in [9.17, 15) is 33.0 Å². The number of hydrogen-bond acceptors (Lipinski definition) is 5. The second-order valence-corrected chi connectivity index (χ2v) is 8.99. The predicted octanol–water partition coefficient (Wildman–Crippen LogP) is 3.21. The largest absolute Gasteiger partial charge is 0.507 e. The first-order valence-corrected chi connectivity index (χ1v) is 11.1. The minimum absolute atomic E-state index is 0.0777. The summed E-state index contributed by atoms with van der Waals surface area (Å²) in [5.74, 6) is -0.556. The first kappa shape index (κ1) is 26.3. The van der Waals surface area contributed by atoms with Crippen LogP contribution in [0.5, 0.6) is 11.5 Å². The Hall–Kier alpha value is -3.27. The Labute approximate surface area is 201 Å². The van der Waals surface area contributed by atoms with Crippen molar-refractivity contribution in [3.05, 3.63) is 57.6 Å². The maximum absolute atomic E-state index is 13.1. The number of phenols is 1. The van der Waals surface area contributed by atoms with E-state index in [-0.39, 0.29) is 12.3 Å². The normalized spacial score (nSPS) is 18.3. The van der Waals surface area contributed by atoms with Crippen molar-refractivity contribution in [2.24, 2.45) is 0 Å². The number of aromatic hydroxyl groups is 1. The van der Waals surface area contributed by atoms with Gasteiger partial charge >= 0.3 is 6.18 Å². The summed E-state index contributed by atoms with van der Waals surface area (Å²) in [6, 6.07) is 3.04. The number of carbonyl (C=O) groups is 2. The molecule has 7 nitrogen and oxygen atoms in total. The maximum Gasteiger partial charge on any atom is 0.416 e. The van der Waals surface area contributed by atoms with Crippen LogP contribution in [0, 0.1) is 20.8 Å². The third kappa shape index (κ3) is 5.37. The van der Waals surface area contributed by atoms with Crippen LogP contribution in [0.1, 0.15) is 46.7 Å². The van der Waals surface area contributed by atoms with E-state index >= 15 is 0 Å². The fourth-order valence-electron chi connectivity index (χ4n) is 4.04. The van der Waals surface area contributed by atoms with Crippen molar-refractivity contribution in [3.8, 4) is 11.5 Å². The molecule has 2 amide bonds. The molecule has 10 heteroatoms. The number of aliphatic hydroxyl groups excluding tert-OH is 1. The molecule has 1 aliphatic heterocycles. The van der Waals surface area contributed by atoms with Crippen molar-refractivity contribution < 1.29 is 37.7 Å². The lowest BCUT2D eigenvalue weighted by Gasteiger charge is -2.37. The van der Waals surface area contributed by atoms with Gasteiger partial charge in [0.05, 0.1) is 12.2 Å². The Bertz CT molecular complexity index is 1130. The molecule has 0 saturated carbocycles. The van der Waals surface area contributed by atoms with Crippen molar-refractivity contribution >= 4 is 11.8 Å². The Morgan fingerprint density at radius 1 is 1.11 bits per heavy atom. The van der Waals surface area contributed by atoms with E-state index in [0.717, 1.165) is 23.3 Å². The molecule has 0 spiro atoms. The molecule has 0 aliphatic carbocycles. The van der Waals surface area contributed by atoms with E-state index in [2.05, 4.69) is 10.6 Å². The fraction of sp³-hybridized carbons (Fsp3) is 0.440. The van der Waals surface area contributed by atoms with Crippen LogP contribution in [0.4, 0.5) is 13.2 Å². The molecule has 1 aliphatic rings. The number of hydrogen-bond donors (Lipinski definition) is 4. The van der Waals surface area contributed by atoms with Gasteiger partial charge in [-0.25, -0.2) is 0 Å². The van der Waals surface area contributed by atoms with Crippen LogP contribution in [0.15, 0.2) is 24.3 Å². The summed E-state index contributed by atoms with van der Waals surface area (Å²) in [7, 11) is 0. The molecule has 0 fully saturated rings. The maximum atomic E-state index is 13.1. The first-order chi connectivity index (χ1) is 16.3. The van der Waals surface area contributed by atoms with Crippen molar-refractivity contribution in [1.29, 1.82) is 0 Å². The summed E-state index contributed by atoms with van der Waals surface area (Å²) in [4.78, 5) is 25.6. The summed E-state index contributed by atoms with van der Waals surface area (Å²) >= 11 is 0. The van der Waals surface area contributed by atoms with Gasteiger partial charge in [-0.15, -0.1) is 0 Å². The van der Waals surface area contributed by atoms with Gasteiger partial charge in [0.1, 0.15) is 17.5 Å². The van der Waals surface area contributed by atoms with E-state index in [4.69, 9.17) is 4.74 Å². The molecule has 2 aromatic carbocycles. The third-order valence-corrected chi connectivity index (χ3v) is 6.55. The van der Waals surface area contributed by atoms with Gasteiger partial charge in [0.2, 0.25) is 5.91 Å². The first-order valence-electron chi connectivity index (χ1n) is 11.1. The molecule has 2 unspecified atom stereocenters. The van der Waals surface area contributed by atoms with Gasteiger partial charge in [0.15, 0.2) is 5.60 Å². The van der Waals surface area contributed by atoms with Gasteiger partial charge < -0.3 is 25.6 Å². The van der Waals surface area contributed by atoms with E-state index in [1.165, 1.54) is 12.1 Å². The van der Waals surface area contributed by atoms with E-state index in [1.54, 1.807) is 27.7 Å². The highest BCUT2D eigenvalue weighted by Crippen LogP contribution is 2.43. The highest BCUT2D eigenvalue weighted by Gasteiger charge is 2.42. The minimum atomic E-state index is -4.46. The molecule has 2 atom stereocenters. The third-order valence-electron chi connectivity index (χ3n) is 6.55. The van der Waals surface area contributed by atoms with Gasteiger partial charge in [-0.2, -0.15) is 13.2 Å². The SMILES string of the molecule is Cc1c(C)c2c(c(C)c1O)CCC(C)(C(=O)NC(CO)C(=O)NCc1ccc(C(F)(F)F)cc1)O2. The number of alkyl halides is 3. The zero-order chi connectivity index (χ0) is 26.1. The topological polar surface area (TPSA) is 108 Å². The molecule has 0 aromatic heterocycles. The van der Waals surface area contributed by atoms with Gasteiger partial charge in [-0.3, -0.25) is 9.59 Å². The Kier molecular flexibility index (Phi) is 7.35. The van der Waals surface area contributed by atoms with Gasteiger partial charge in [-0.05, 0) is 68.5 Å². The molecule has 190 valence electrons. The standard InChI is InChI=1S/C25H29F3N2O5/c1-13-14(2)21-18(15(3)20(13)32)9-10-24(4,35-21)23(34)30-19(12-31)22(33)29-11-16-5-7-17(8-6-16)25(26,27)28/h5-8,19,31-32H,9-12H2,1-4H3,(H,29,33)(H,30,34). The van der Waals surface area contributed by atoms with Crippen molar-refractivity contribution in [2.75, 3.05) is 6.61 Å². The van der Waals surface area contributed by atoms with Crippen LogP contribution < -0.4 is 15.4 Å². The molecule has 0 radical (unpaired) electrons. The minimum Gasteiger partial charge on any atom is -0.507 e. The molecule has 35 heavy (non-hydrogen) atoms. The fourth-order valence-corrected chi connectivity index (χ4v) is 4.04. The number of carbonyl (C=O) groups excluding carboxylic acids is 2. The smallest absolute Gasteiger partial charge is 0.416 e.